The molecule has 1 aromatic heterocycles. The van der Waals surface area contributed by atoms with Crippen molar-refractivity contribution in [3.05, 3.63) is 108 Å². The number of amides is 1. The first-order chi connectivity index (χ1) is 17.2. The summed E-state index contributed by atoms with van der Waals surface area (Å²) in [6, 6.07) is 28.8. The number of para-hydroxylation sites is 1. The Morgan fingerprint density at radius 2 is 1.60 bits per heavy atom. The average Bonchev–Trinajstić information content (AvgIpc) is 2.93. The molecule has 1 saturated heterocycles. The molecule has 0 bridgehead atoms. The maximum absolute atomic E-state index is 13.7. The minimum atomic E-state index is 0.0921. The zero-order valence-corrected chi connectivity index (χ0v) is 20.2. The van der Waals surface area contributed by atoms with Crippen LogP contribution in [-0.2, 0) is 6.42 Å². The average molecular weight is 462 g/mol. The van der Waals surface area contributed by atoms with Crippen molar-refractivity contribution in [3.63, 3.8) is 0 Å². The molecule has 1 aliphatic heterocycles. The normalized spacial score (nSPS) is 14.6. The van der Waals surface area contributed by atoms with Gasteiger partial charge in [-0.2, -0.15) is 0 Å². The number of aryl methyl sites for hydroxylation is 1. The minimum Gasteiger partial charge on any atom is -0.336 e. The van der Waals surface area contributed by atoms with E-state index >= 15 is 0 Å². The van der Waals surface area contributed by atoms with Crippen LogP contribution in [0.25, 0.3) is 28.2 Å². The number of benzene rings is 3. The summed E-state index contributed by atoms with van der Waals surface area (Å²) in [4.78, 5) is 22.9. The van der Waals surface area contributed by atoms with Gasteiger partial charge in [0.2, 0.25) is 0 Å². The predicted octanol–water partition coefficient (Wildman–Crippen LogP) is 5.94. The molecule has 4 nitrogen and oxygen atoms in total. The van der Waals surface area contributed by atoms with Crippen LogP contribution in [0.3, 0.4) is 0 Å². The van der Waals surface area contributed by atoms with Crippen LogP contribution in [-0.4, -0.2) is 53.4 Å². The lowest BCUT2D eigenvalue weighted by Gasteiger charge is -2.34. The second-order valence-electron chi connectivity index (χ2n) is 9.03. The van der Waals surface area contributed by atoms with Gasteiger partial charge in [-0.15, -0.1) is 0 Å². The first-order valence-corrected chi connectivity index (χ1v) is 12.4. The molecule has 3 aromatic carbocycles. The van der Waals surface area contributed by atoms with Crippen molar-refractivity contribution in [2.45, 2.75) is 13.3 Å². The number of nitrogens with zero attached hydrogens (tertiary/aromatic N) is 3. The van der Waals surface area contributed by atoms with E-state index < -0.39 is 0 Å². The van der Waals surface area contributed by atoms with Crippen LogP contribution < -0.4 is 0 Å². The monoisotopic (exact) mass is 461 g/mol. The van der Waals surface area contributed by atoms with E-state index in [4.69, 9.17) is 4.98 Å². The standard InChI is InChI=1S/C31H31N3O/c1-2-24-14-16-26(17-15-24)30-23-28(27-12-6-7-13-29(27)32-30)31(35)34-21-19-33(20-22-34)18-8-11-25-9-4-3-5-10-25/h3-17,23H,2,18-22H2,1H3. The van der Waals surface area contributed by atoms with Gasteiger partial charge in [0.05, 0.1) is 16.8 Å². The maximum Gasteiger partial charge on any atom is 0.254 e. The van der Waals surface area contributed by atoms with Gasteiger partial charge in [0.25, 0.3) is 5.91 Å². The lowest BCUT2D eigenvalue weighted by Crippen LogP contribution is -2.48. The minimum absolute atomic E-state index is 0.0921. The highest BCUT2D eigenvalue weighted by atomic mass is 16.2. The molecule has 0 unspecified atom stereocenters. The Kier molecular flexibility index (Phi) is 7.01. The van der Waals surface area contributed by atoms with Gasteiger partial charge in [-0.1, -0.05) is 91.9 Å². The topological polar surface area (TPSA) is 36.4 Å². The highest BCUT2D eigenvalue weighted by Gasteiger charge is 2.24. The third kappa shape index (κ3) is 5.33. The van der Waals surface area contributed by atoms with Gasteiger partial charge in [0.1, 0.15) is 0 Å². The molecule has 0 spiro atoms. The molecule has 0 aliphatic carbocycles. The van der Waals surface area contributed by atoms with Crippen molar-refractivity contribution in [1.29, 1.82) is 0 Å². The largest absolute Gasteiger partial charge is 0.336 e. The third-order valence-corrected chi connectivity index (χ3v) is 6.74. The van der Waals surface area contributed by atoms with Crippen LogP contribution in [0.15, 0.2) is 91.0 Å². The highest BCUT2D eigenvalue weighted by Crippen LogP contribution is 2.26. The zero-order valence-electron chi connectivity index (χ0n) is 20.2. The number of carbonyl (C=O) groups is 1. The Bertz CT molecular complexity index is 1320. The van der Waals surface area contributed by atoms with Crippen molar-refractivity contribution < 1.29 is 4.79 Å². The van der Waals surface area contributed by atoms with E-state index in [0.29, 0.717) is 0 Å². The number of pyridine rings is 1. The molecule has 4 heteroatoms. The molecule has 0 radical (unpaired) electrons. The molecular weight excluding hydrogens is 430 g/mol. The summed E-state index contributed by atoms with van der Waals surface area (Å²) in [5.74, 6) is 0.0921. The third-order valence-electron chi connectivity index (χ3n) is 6.74. The summed E-state index contributed by atoms with van der Waals surface area (Å²) in [5, 5.41) is 0.916. The Morgan fingerprint density at radius 3 is 2.34 bits per heavy atom. The maximum atomic E-state index is 13.7. The van der Waals surface area contributed by atoms with Gasteiger partial charge in [-0.05, 0) is 29.7 Å². The summed E-state index contributed by atoms with van der Waals surface area (Å²) < 4.78 is 0. The van der Waals surface area contributed by atoms with Crippen molar-refractivity contribution >= 4 is 22.9 Å². The molecule has 5 rings (SSSR count). The lowest BCUT2D eigenvalue weighted by atomic mass is 10.0. The number of hydrogen-bond donors (Lipinski definition) is 0. The van der Waals surface area contributed by atoms with Crippen LogP contribution in [0.1, 0.15) is 28.4 Å². The number of piperazine rings is 1. The number of carbonyl (C=O) groups excluding carboxylic acids is 1. The predicted molar refractivity (Wildman–Crippen MR) is 144 cm³/mol. The van der Waals surface area contributed by atoms with Gasteiger partial charge in [0, 0.05) is 43.7 Å². The summed E-state index contributed by atoms with van der Waals surface area (Å²) in [5.41, 5.74) is 5.99. The van der Waals surface area contributed by atoms with Gasteiger partial charge < -0.3 is 4.90 Å². The van der Waals surface area contributed by atoms with E-state index in [2.05, 4.69) is 72.5 Å². The highest BCUT2D eigenvalue weighted by molar-refractivity contribution is 6.07. The summed E-state index contributed by atoms with van der Waals surface area (Å²) in [6.07, 6.45) is 5.37. The SMILES string of the molecule is CCc1ccc(-c2cc(C(=O)N3CCN(CC=Cc4ccccc4)CC3)c3ccccc3n2)cc1. The second kappa shape index (κ2) is 10.7. The first-order valence-electron chi connectivity index (χ1n) is 12.4. The van der Waals surface area contributed by atoms with Crippen LogP contribution in [0.4, 0.5) is 0 Å². The Balaban J connectivity index is 1.31. The number of hydrogen-bond acceptors (Lipinski definition) is 3. The van der Waals surface area contributed by atoms with E-state index in [1.165, 1.54) is 11.1 Å². The van der Waals surface area contributed by atoms with E-state index in [1.807, 2.05) is 41.3 Å². The van der Waals surface area contributed by atoms with Crippen molar-refractivity contribution in [3.8, 4) is 11.3 Å². The quantitative estimate of drug-likeness (QED) is 0.357. The van der Waals surface area contributed by atoms with Gasteiger partial charge in [-0.25, -0.2) is 4.98 Å². The summed E-state index contributed by atoms with van der Waals surface area (Å²) >= 11 is 0. The first kappa shape index (κ1) is 23.0. The molecule has 2 heterocycles. The number of fused-ring (bicyclic) bond motifs is 1. The Labute approximate surface area is 207 Å². The fourth-order valence-corrected chi connectivity index (χ4v) is 4.62. The van der Waals surface area contributed by atoms with Gasteiger partial charge in [-0.3, -0.25) is 9.69 Å². The lowest BCUT2D eigenvalue weighted by molar-refractivity contribution is 0.0652. The number of rotatable bonds is 6. The molecular formula is C31H31N3O. The van der Waals surface area contributed by atoms with Crippen LogP contribution in [0, 0.1) is 0 Å². The van der Waals surface area contributed by atoms with Crippen LogP contribution in [0.5, 0.6) is 0 Å². The molecule has 1 aliphatic rings. The van der Waals surface area contributed by atoms with E-state index in [9.17, 15) is 4.79 Å². The fourth-order valence-electron chi connectivity index (χ4n) is 4.62. The van der Waals surface area contributed by atoms with Gasteiger partial charge >= 0.3 is 0 Å². The molecule has 1 fully saturated rings. The molecule has 35 heavy (non-hydrogen) atoms. The Morgan fingerprint density at radius 1 is 0.886 bits per heavy atom. The Hall–Kier alpha value is -3.76. The van der Waals surface area contributed by atoms with E-state index in [1.54, 1.807) is 0 Å². The van der Waals surface area contributed by atoms with Crippen molar-refractivity contribution in [2.75, 3.05) is 32.7 Å². The smallest absolute Gasteiger partial charge is 0.254 e. The molecule has 0 atom stereocenters. The van der Waals surface area contributed by atoms with E-state index in [0.717, 1.165) is 66.9 Å². The second-order valence-corrected chi connectivity index (χ2v) is 9.03. The van der Waals surface area contributed by atoms with E-state index in [-0.39, 0.29) is 5.91 Å². The molecule has 4 aromatic rings. The van der Waals surface area contributed by atoms with Crippen molar-refractivity contribution in [1.82, 2.24) is 14.8 Å². The fraction of sp³-hybridized carbons (Fsp3) is 0.226. The molecule has 1 amide bonds. The summed E-state index contributed by atoms with van der Waals surface area (Å²) in [7, 11) is 0. The van der Waals surface area contributed by atoms with Gasteiger partial charge in [0.15, 0.2) is 0 Å². The zero-order chi connectivity index (χ0) is 24.0. The molecule has 0 N–H and O–H groups in total. The molecule has 0 saturated carbocycles. The molecule has 176 valence electrons. The van der Waals surface area contributed by atoms with Crippen LogP contribution in [0.2, 0.25) is 0 Å². The van der Waals surface area contributed by atoms with Crippen molar-refractivity contribution in [2.24, 2.45) is 0 Å². The number of aromatic nitrogens is 1. The van der Waals surface area contributed by atoms with Crippen LogP contribution >= 0.6 is 0 Å². The summed E-state index contributed by atoms with van der Waals surface area (Å²) in [6.45, 7) is 6.26.